The Labute approximate surface area is 145 Å². The number of ether oxygens (including phenoxy) is 1. The van der Waals surface area contributed by atoms with Crippen LogP contribution in [0.25, 0.3) is 11.5 Å². The van der Waals surface area contributed by atoms with Gasteiger partial charge in [-0.05, 0) is 24.3 Å². The molecule has 7 nitrogen and oxygen atoms in total. The summed E-state index contributed by atoms with van der Waals surface area (Å²) in [6.45, 7) is -0.782. The summed E-state index contributed by atoms with van der Waals surface area (Å²) in [5.41, 5.74) is -0.216. The highest BCUT2D eigenvalue weighted by Crippen LogP contribution is 2.19. The first-order valence-corrected chi connectivity index (χ1v) is 7.34. The van der Waals surface area contributed by atoms with E-state index in [1.807, 2.05) is 6.07 Å². The first-order chi connectivity index (χ1) is 12.5. The second kappa shape index (κ2) is 7.51. The van der Waals surface area contributed by atoms with Gasteiger partial charge in [-0.2, -0.15) is 0 Å². The highest BCUT2D eigenvalue weighted by atomic mass is 19.1. The average molecular weight is 359 g/mol. The zero-order valence-corrected chi connectivity index (χ0v) is 13.1. The quantitative estimate of drug-likeness (QED) is 0.704. The Balaban J connectivity index is 1.58. The van der Waals surface area contributed by atoms with Crippen molar-refractivity contribution in [2.45, 2.75) is 0 Å². The van der Waals surface area contributed by atoms with Gasteiger partial charge in [0, 0.05) is 5.56 Å². The summed E-state index contributed by atoms with van der Waals surface area (Å²) in [5, 5.41) is 9.63. The van der Waals surface area contributed by atoms with Crippen LogP contribution in [-0.4, -0.2) is 28.7 Å². The van der Waals surface area contributed by atoms with Gasteiger partial charge < -0.3 is 9.15 Å². The lowest BCUT2D eigenvalue weighted by Crippen LogP contribution is -2.22. The van der Waals surface area contributed by atoms with Crippen LogP contribution in [0.4, 0.5) is 14.8 Å². The van der Waals surface area contributed by atoms with Gasteiger partial charge in [-0.3, -0.25) is 10.1 Å². The first-order valence-electron chi connectivity index (χ1n) is 7.34. The lowest BCUT2D eigenvalue weighted by atomic mass is 10.2. The number of hydrogen-bond donors (Lipinski definition) is 1. The third-order valence-electron chi connectivity index (χ3n) is 3.19. The van der Waals surface area contributed by atoms with Gasteiger partial charge in [0.15, 0.2) is 6.61 Å². The molecule has 1 heterocycles. The van der Waals surface area contributed by atoms with Crippen LogP contribution in [0.5, 0.6) is 0 Å². The molecule has 132 valence electrons. The highest BCUT2D eigenvalue weighted by Gasteiger charge is 2.20. The van der Waals surface area contributed by atoms with Gasteiger partial charge >= 0.3 is 12.0 Å². The fourth-order valence-corrected chi connectivity index (χ4v) is 2.02. The van der Waals surface area contributed by atoms with E-state index in [1.165, 1.54) is 0 Å². The van der Waals surface area contributed by atoms with Crippen LogP contribution in [-0.2, 0) is 9.53 Å². The summed E-state index contributed by atoms with van der Waals surface area (Å²) in [6.07, 6.45) is 0. The molecule has 3 rings (SSSR count). The number of carbonyl (C=O) groups is 2. The van der Waals surface area contributed by atoms with E-state index >= 15 is 0 Å². The SMILES string of the molecule is O=C(COC(=O)c1c(F)cccc1F)Nc1nnc(-c2ccccc2)o1. The Hall–Kier alpha value is -3.62. The minimum absolute atomic E-state index is 0.186. The largest absolute Gasteiger partial charge is 0.452 e. The summed E-state index contributed by atoms with van der Waals surface area (Å²) >= 11 is 0. The number of carbonyl (C=O) groups excluding carboxylic acids is 2. The van der Waals surface area contributed by atoms with Gasteiger partial charge in [0.2, 0.25) is 5.89 Å². The monoisotopic (exact) mass is 359 g/mol. The number of halogens is 2. The molecule has 0 aliphatic carbocycles. The molecule has 2 aromatic carbocycles. The van der Waals surface area contributed by atoms with Crippen molar-refractivity contribution in [2.24, 2.45) is 0 Å². The molecule has 26 heavy (non-hydrogen) atoms. The third kappa shape index (κ3) is 3.89. The molecule has 0 radical (unpaired) electrons. The number of benzene rings is 2. The smallest absolute Gasteiger partial charge is 0.344 e. The normalized spacial score (nSPS) is 10.4. The Kier molecular flexibility index (Phi) is 4.97. The van der Waals surface area contributed by atoms with Crippen LogP contribution in [0.15, 0.2) is 52.9 Å². The van der Waals surface area contributed by atoms with E-state index in [1.54, 1.807) is 24.3 Å². The van der Waals surface area contributed by atoms with Crippen LogP contribution < -0.4 is 5.32 Å². The molecule has 1 aromatic heterocycles. The number of nitrogens with zero attached hydrogens (tertiary/aromatic N) is 2. The van der Waals surface area contributed by atoms with E-state index in [0.29, 0.717) is 5.56 Å². The van der Waals surface area contributed by atoms with Crippen molar-refractivity contribution in [3.63, 3.8) is 0 Å². The zero-order chi connectivity index (χ0) is 18.5. The van der Waals surface area contributed by atoms with Crippen molar-refractivity contribution in [1.29, 1.82) is 0 Å². The van der Waals surface area contributed by atoms with Crippen molar-refractivity contribution in [3.05, 3.63) is 65.7 Å². The van der Waals surface area contributed by atoms with E-state index in [4.69, 9.17) is 4.42 Å². The van der Waals surface area contributed by atoms with E-state index < -0.39 is 35.7 Å². The van der Waals surface area contributed by atoms with Crippen molar-refractivity contribution in [1.82, 2.24) is 10.2 Å². The molecule has 0 saturated heterocycles. The highest BCUT2D eigenvalue weighted by molar-refractivity contribution is 5.94. The molecule has 1 N–H and O–H groups in total. The average Bonchev–Trinajstić information content (AvgIpc) is 3.09. The number of hydrogen-bond acceptors (Lipinski definition) is 6. The van der Waals surface area contributed by atoms with Crippen LogP contribution >= 0.6 is 0 Å². The Morgan fingerprint density at radius 2 is 1.69 bits per heavy atom. The van der Waals surface area contributed by atoms with E-state index in [2.05, 4.69) is 20.3 Å². The minimum Gasteiger partial charge on any atom is -0.452 e. The lowest BCUT2D eigenvalue weighted by Gasteiger charge is -2.05. The molecule has 0 fully saturated rings. The van der Waals surface area contributed by atoms with Crippen molar-refractivity contribution < 1.29 is 27.5 Å². The minimum atomic E-state index is -1.30. The number of aromatic nitrogens is 2. The lowest BCUT2D eigenvalue weighted by molar-refractivity contribution is -0.119. The van der Waals surface area contributed by atoms with Gasteiger partial charge in [-0.25, -0.2) is 13.6 Å². The molecule has 0 spiro atoms. The maximum atomic E-state index is 13.5. The second-order valence-electron chi connectivity index (χ2n) is 5.00. The fourth-order valence-electron chi connectivity index (χ4n) is 2.02. The molecule has 0 bridgehead atoms. The van der Waals surface area contributed by atoms with Gasteiger partial charge in [0.25, 0.3) is 5.91 Å². The maximum Gasteiger partial charge on any atom is 0.344 e. The molecule has 0 aliphatic heterocycles. The molecule has 3 aromatic rings. The number of amides is 1. The summed E-state index contributed by atoms with van der Waals surface area (Å²) < 4.78 is 36.8. The topological polar surface area (TPSA) is 94.3 Å². The zero-order valence-electron chi connectivity index (χ0n) is 13.1. The molecule has 0 saturated carbocycles. The molecule has 1 amide bonds. The Morgan fingerprint density at radius 1 is 1.00 bits per heavy atom. The van der Waals surface area contributed by atoms with Crippen LogP contribution in [0, 0.1) is 11.6 Å². The standard InChI is InChI=1S/C17H11F2N3O4/c18-11-7-4-8-12(19)14(11)16(24)25-9-13(23)20-17-22-21-15(26-17)10-5-2-1-3-6-10/h1-8H,9H2,(H,20,22,23). The van der Waals surface area contributed by atoms with Gasteiger partial charge in [-0.15, -0.1) is 5.10 Å². The Morgan fingerprint density at radius 3 is 2.38 bits per heavy atom. The first kappa shape index (κ1) is 17.2. The predicted molar refractivity (Wildman–Crippen MR) is 85.0 cm³/mol. The van der Waals surface area contributed by atoms with E-state index in [0.717, 1.165) is 18.2 Å². The number of rotatable bonds is 5. The van der Waals surface area contributed by atoms with Gasteiger partial charge in [0.1, 0.15) is 17.2 Å². The molecular formula is C17H11F2N3O4. The molecular weight excluding hydrogens is 348 g/mol. The fraction of sp³-hybridized carbons (Fsp3) is 0.0588. The van der Waals surface area contributed by atoms with Crippen LogP contribution in [0.2, 0.25) is 0 Å². The van der Waals surface area contributed by atoms with E-state index in [9.17, 15) is 18.4 Å². The van der Waals surface area contributed by atoms with Crippen LogP contribution in [0.3, 0.4) is 0 Å². The predicted octanol–water partition coefficient (Wildman–Crippen LogP) is 2.81. The number of esters is 1. The van der Waals surface area contributed by atoms with Crippen molar-refractivity contribution >= 4 is 17.9 Å². The second-order valence-corrected chi connectivity index (χ2v) is 5.00. The third-order valence-corrected chi connectivity index (χ3v) is 3.19. The van der Waals surface area contributed by atoms with E-state index in [-0.39, 0.29) is 11.9 Å². The molecule has 0 aliphatic rings. The van der Waals surface area contributed by atoms with Crippen molar-refractivity contribution in [2.75, 3.05) is 11.9 Å². The van der Waals surface area contributed by atoms with Crippen molar-refractivity contribution in [3.8, 4) is 11.5 Å². The summed E-state index contributed by atoms with van der Waals surface area (Å²) in [4.78, 5) is 23.5. The summed E-state index contributed by atoms with van der Waals surface area (Å²) in [5.74, 6) is -4.09. The summed E-state index contributed by atoms with van der Waals surface area (Å²) in [7, 11) is 0. The molecule has 0 unspecified atom stereocenters. The van der Waals surface area contributed by atoms with Gasteiger partial charge in [-0.1, -0.05) is 29.4 Å². The summed E-state index contributed by atoms with van der Waals surface area (Å²) in [6, 6.07) is 11.6. The maximum absolute atomic E-state index is 13.5. The van der Waals surface area contributed by atoms with Gasteiger partial charge in [0.05, 0.1) is 0 Å². The number of anilines is 1. The Bertz CT molecular complexity index is 924. The molecule has 0 atom stereocenters. The molecule has 9 heteroatoms. The number of nitrogens with one attached hydrogen (secondary N) is 1. The van der Waals surface area contributed by atoms with Crippen LogP contribution in [0.1, 0.15) is 10.4 Å².